The molecule has 6 heteroatoms. The standard InChI is InChI=1S/C18H27N3O3/c1-14(2)13-20-18(19-9-6-16-5-4-12-24-16)21-10-7-15(8-11-21)17(22)23-3/h4-5,12,15H,1,6-11,13H2,2-3H3,(H,19,20). The minimum atomic E-state index is -0.110. The summed E-state index contributed by atoms with van der Waals surface area (Å²) < 4.78 is 10.2. The molecule has 1 aromatic rings. The lowest BCUT2D eigenvalue weighted by Gasteiger charge is -2.33. The van der Waals surface area contributed by atoms with Gasteiger partial charge in [-0.15, -0.1) is 0 Å². The third kappa shape index (κ3) is 5.44. The fourth-order valence-corrected chi connectivity index (χ4v) is 2.72. The quantitative estimate of drug-likeness (QED) is 0.374. The summed E-state index contributed by atoms with van der Waals surface area (Å²) in [4.78, 5) is 18.5. The molecule has 1 saturated heterocycles. The normalized spacial score (nSPS) is 16.1. The first-order valence-electron chi connectivity index (χ1n) is 8.38. The summed E-state index contributed by atoms with van der Waals surface area (Å²) in [5, 5.41) is 3.40. The van der Waals surface area contributed by atoms with Crippen LogP contribution >= 0.6 is 0 Å². The van der Waals surface area contributed by atoms with Gasteiger partial charge in [0.25, 0.3) is 0 Å². The van der Waals surface area contributed by atoms with Crippen LogP contribution in [0.2, 0.25) is 0 Å². The number of methoxy groups -OCH3 is 1. The van der Waals surface area contributed by atoms with Gasteiger partial charge in [0.2, 0.25) is 0 Å². The molecule has 0 radical (unpaired) electrons. The molecule has 0 aromatic carbocycles. The fourth-order valence-electron chi connectivity index (χ4n) is 2.72. The maximum atomic E-state index is 11.7. The summed E-state index contributed by atoms with van der Waals surface area (Å²) in [5.74, 6) is 1.71. The lowest BCUT2D eigenvalue weighted by molar-refractivity contribution is -0.146. The molecule has 0 bridgehead atoms. The van der Waals surface area contributed by atoms with Crippen molar-refractivity contribution in [3.8, 4) is 0 Å². The maximum absolute atomic E-state index is 11.7. The topological polar surface area (TPSA) is 67.1 Å². The molecule has 1 aliphatic rings. The molecule has 0 aliphatic carbocycles. The van der Waals surface area contributed by atoms with Crippen LogP contribution in [-0.4, -0.2) is 50.1 Å². The zero-order valence-electron chi connectivity index (χ0n) is 14.6. The van der Waals surface area contributed by atoms with Crippen LogP contribution in [0.15, 0.2) is 40.0 Å². The third-order valence-corrected chi connectivity index (χ3v) is 4.06. The van der Waals surface area contributed by atoms with Crippen LogP contribution in [0.3, 0.4) is 0 Å². The Labute approximate surface area is 143 Å². The molecule has 0 atom stereocenters. The highest BCUT2D eigenvalue weighted by Crippen LogP contribution is 2.18. The first-order chi connectivity index (χ1) is 11.6. The van der Waals surface area contributed by atoms with Crippen LogP contribution < -0.4 is 5.32 Å². The molecule has 6 nitrogen and oxygen atoms in total. The Bertz CT molecular complexity index is 558. The second-order valence-corrected chi connectivity index (χ2v) is 6.14. The minimum Gasteiger partial charge on any atom is -0.469 e. The van der Waals surface area contributed by atoms with Crippen molar-refractivity contribution in [2.45, 2.75) is 26.2 Å². The first kappa shape index (κ1) is 18.1. The summed E-state index contributed by atoms with van der Waals surface area (Å²) in [6.07, 6.45) is 4.07. The first-order valence-corrected chi connectivity index (χ1v) is 8.38. The van der Waals surface area contributed by atoms with E-state index in [4.69, 9.17) is 9.15 Å². The Hall–Kier alpha value is -2.24. The van der Waals surface area contributed by atoms with E-state index >= 15 is 0 Å². The highest BCUT2D eigenvalue weighted by molar-refractivity contribution is 5.80. The molecule has 0 saturated carbocycles. The SMILES string of the molecule is C=C(C)CN=C(NCCc1ccco1)N1CCC(C(=O)OC)CC1. The lowest BCUT2D eigenvalue weighted by Crippen LogP contribution is -2.47. The van der Waals surface area contributed by atoms with Gasteiger partial charge in [0.05, 0.1) is 25.8 Å². The molecule has 1 N–H and O–H groups in total. The number of ether oxygens (including phenoxy) is 1. The monoisotopic (exact) mass is 333 g/mol. The van der Waals surface area contributed by atoms with Crippen molar-refractivity contribution in [3.05, 3.63) is 36.3 Å². The predicted octanol–water partition coefficient (Wildman–Crippen LogP) is 2.23. The van der Waals surface area contributed by atoms with Crippen LogP contribution in [0, 0.1) is 5.92 Å². The molecular formula is C18H27N3O3. The molecule has 2 heterocycles. The summed E-state index contributed by atoms with van der Waals surface area (Å²) in [6.45, 7) is 8.81. The van der Waals surface area contributed by atoms with Crippen LogP contribution in [-0.2, 0) is 16.0 Å². The Morgan fingerprint density at radius 1 is 1.50 bits per heavy atom. The van der Waals surface area contributed by atoms with E-state index in [2.05, 4.69) is 21.8 Å². The van der Waals surface area contributed by atoms with Gasteiger partial charge in [-0.1, -0.05) is 12.2 Å². The van der Waals surface area contributed by atoms with E-state index in [1.54, 1.807) is 6.26 Å². The smallest absolute Gasteiger partial charge is 0.308 e. The number of carbonyl (C=O) groups is 1. The van der Waals surface area contributed by atoms with E-state index in [0.29, 0.717) is 6.54 Å². The van der Waals surface area contributed by atoms with Crippen molar-refractivity contribution >= 4 is 11.9 Å². The van der Waals surface area contributed by atoms with Crippen LogP contribution in [0.1, 0.15) is 25.5 Å². The number of esters is 1. The van der Waals surface area contributed by atoms with Crippen molar-refractivity contribution in [2.75, 3.05) is 33.3 Å². The van der Waals surface area contributed by atoms with E-state index in [1.165, 1.54) is 7.11 Å². The summed E-state index contributed by atoms with van der Waals surface area (Å²) in [7, 11) is 1.45. The molecule has 132 valence electrons. The molecule has 1 aromatic heterocycles. The van der Waals surface area contributed by atoms with Crippen molar-refractivity contribution in [2.24, 2.45) is 10.9 Å². The number of rotatable bonds is 6. The van der Waals surface area contributed by atoms with E-state index in [9.17, 15) is 4.79 Å². The number of hydrogen-bond acceptors (Lipinski definition) is 4. The number of furan rings is 1. The Morgan fingerprint density at radius 2 is 2.25 bits per heavy atom. The summed E-state index contributed by atoms with van der Waals surface area (Å²) >= 11 is 0. The third-order valence-electron chi connectivity index (χ3n) is 4.06. The number of carbonyl (C=O) groups excluding carboxylic acids is 1. The van der Waals surface area contributed by atoms with Gasteiger partial charge in [-0.2, -0.15) is 0 Å². The van der Waals surface area contributed by atoms with Crippen LogP contribution in [0.4, 0.5) is 0 Å². The van der Waals surface area contributed by atoms with Gasteiger partial charge >= 0.3 is 5.97 Å². The van der Waals surface area contributed by atoms with Gasteiger partial charge in [-0.3, -0.25) is 4.79 Å². The zero-order chi connectivity index (χ0) is 17.4. The molecular weight excluding hydrogens is 306 g/mol. The minimum absolute atomic E-state index is 0.00300. The number of piperidine rings is 1. The molecule has 24 heavy (non-hydrogen) atoms. The van der Waals surface area contributed by atoms with Crippen LogP contribution in [0.5, 0.6) is 0 Å². The van der Waals surface area contributed by atoms with Gasteiger partial charge in [0.15, 0.2) is 5.96 Å². The molecule has 0 amide bonds. The van der Waals surface area contributed by atoms with Crippen molar-refractivity contribution in [3.63, 3.8) is 0 Å². The van der Waals surface area contributed by atoms with Crippen molar-refractivity contribution in [1.82, 2.24) is 10.2 Å². The van der Waals surface area contributed by atoms with Gasteiger partial charge in [0.1, 0.15) is 5.76 Å². The van der Waals surface area contributed by atoms with E-state index in [-0.39, 0.29) is 11.9 Å². The molecule has 2 rings (SSSR count). The highest BCUT2D eigenvalue weighted by atomic mass is 16.5. The van der Waals surface area contributed by atoms with Gasteiger partial charge in [-0.05, 0) is 31.9 Å². The second kappa shape index (κ2) is 9.15. The van der Waals surface area contributed by atoms with E-state index in [0.717, 1.165) is 56.2 Å². The molecule has 0 unspecified atom stereocenters. The number of nitrogens with zero attached hydrogens (tertiary/aromatic N) is 2. The lowest BCUT2D eigenvalue weighted by atomic mass is 9.97. The largest absolute Gasteiger partial charge is 0.469 e. The predicted molar refractivity (Wildman–Crippen MR) is 93.8 cm³/mol. The zero-order valence-corrected chi connectivity index (χ0v) is 14.6. The number of aliphatic imine (C=N–C) groups is 1. The fraction of sp³-hybridized carbons (Fsp3) is 0.556. The van der Waals surface area contributed by atoms with E-state index in [1.807, 2.05) is 19.1 Å². The Morgan fingerprint density at radius 3 is 2.83 bits per heavy atom. The Kier molecular flexibility index (Phi) is 6.90. The molecule has 1 fully saturated rings. The number of hydrogen-bond donors (Lipinski definition) is 1. The van der Waals surface area contributed by atoms with Gasteiger partial charge in [0, 0.05) is 26.1 Å². The second-order valence-electron chi connectivity index (χ2n) is 6.14. The van der Waals surface area contributed by atoms with Gasteiger partial charge < -0.3 is 19.4 Å². The molecule has 1 aliphatic heterocycles. The average Bonchev–Trinajstić information content (AvgIpc) is 3.10. The Balaban J connectivity index is 1.89. The summed E-state index contributed by atoms with van der Waals surface area (Å²) in [5.41, 5.74) is 1.02. The highest BCUT2D eigenvalue weighted by Gasteiger charge is 2.27. The van der Waals surface area contributed by atoms with Crippen molar-refractivity contribution in [1.29, 1.82) is 0 Å². The average molecular weight is 333 g/mol. The number of nitrogens with one attached hydrogen (secondary N) is 1. The summed E-state index contributed by atoms with van der Waals surface area (Å²) in [6, 6.07) is 3.86. The van der Waals surface area contributed by atoms with E-state index < -0.39 is 0 Å². The van der Waals surface area contributed by atoms with Crippen LogP contribution in [0.25, 0.3) is 0 Å². The maximum Gasteiger partial charge on any atom is 0.308 e. The molecule has 0 spiro atoms. The van der Waals surface area contributed by atoms with Gasteiger partial charge in [-0.25, -0.2) is 4.99 Å². The van der Waals surface area contributed by atoms with Crippen molar-refractivity contribution < 1.29 is 13.9 Å². The number of guanidine groups is 1. The number of likely N-dealkylation sites (tertiary alicyclic amines) is 1.